The fraction of sp³-hybridized carbons (Fsp3) is 0.333. The standard InChI is InChI=1S/C21H24N2O2/c1-16-4-7-19(17(2)14-16)8-11-21(24)23(12-13-25-3)20-9-5-18(15-22)6-10-20/h4-7,9-10,14H,8,11-13H2,1-3H3. The quantitative estimate of drug-likeness (QED) is 0.773. The molecule has 0 radical (unpaired) electrons. The largest absolute Gasteiger partial charge is 0.383 e. The van der Waals surface area contributed by atoms with E-state index in [4.69, 9.17) is 10.00 Å². The van der Waals surface area contributed by atoms with E-state index in [0.717, 1.165) is 5.69 Å². The Morgan fingerprint density at radius 3 is 2.48 bits per heavy atom. The van der Waals surface area contributed by atoms with Crippen LogP contribution in [0.4, 0.5) is 5.69 Å². The smallest absolute Gasteiger partial charge is 0.227 e. The molecule has 0 aliphatic rings. The Hall–Kier alpha value is -2.64. The number of anilines is 1. The van der Waals surface area contributed by atoms with Gasteiger partial charge in [0.15, 0.2) is 0 Å². The van der Waals surface area contributed by atoms with Crippen molar-refractivity contribution >= 4 is 11.6 Å². The number of ether oxygens (including phenoxy) is 1. The minimum Gasteiger partial charge on any atom is -0.383 e. The van der Waals surface area contributed by atoms with Gasteiger partial charge < -0.3 is 9.64 Å². The first kappa shape index (κ1) is 18.7. The molecule has 130 valence electrons. The summed E-state index contributed by atoms with van der Waals surface area (Å²) in [6, 6.07) is 15.5. The van der Waals surface area contributed by atoms with Crippen molar-refractivity contribution in [2.24, 2.45) is 0 Å². The molecular formula is C21H24N2O2. The summed E-state index contributed by atoms with van der Waals surface area (Å²) in [4.78, 5) is 14.5. The van der Waals surface area contributed by atoms with E-state index in [0.29, 0.717) is 31.6 Å². The van der Waals surface area contributed by atoms with Crippen LogP contribution in [0.5, 0.6) is 0 Å². The molecule has 0 aliphatic heterocycles. The van der Waals surface area contributed by atoms with Crippen molar-refractivity contribution in [2.75, 3.05) is 25.2 Å². The summed E-state index contributed by atoms with van der Waals surface area (Å²) < 4.78 is 5.14. The topological polar surface area (TPSA) is 53.3 Å². The number of hydrogen-bond acceptors (Lipinski definition) is 3. The molecule has 0 atom stereocenters. The van der Waals surface area contributed by atoms with Gasteiger partial charge in [0.2, 0.25) is 5.91 Å². The third kappa shape index (κ3) is 5.17. The summed E-state index contributed by atoms with van der Waals surface area (Å²) in [5, 5.41) is 8.92. The molecule has 0 heterocycles. The van der Waals surface area contributed by atoms with Crippen LogP contribution in [-0.2, 0) is 16.0 Å². The van der Waals surface area contributed by atoms with Crippen LogP contribution >= 0.6 is 0 Å². The van der Waals surface area contributed by atoms with Crippen molar-refractivity contribution in [3.63, 3.8) is 0 Å². The molecule has 0 saturated carbocycles. The van der Waals surface area contributed by atoms with Crippen molar-refractivity contribution < 1.29 is 9.53 Å². The third-order valence-electron chi connectivity index (χ3n) is 4.23. The maximum absolute atomic E-state index is 12.8. The van der Waals surface area contributed by atoms with Crippen LogP contribution in [0.1, 0.15) is 28.7 Å². The van der Waals surface area contributed by atoms with Crippen LogP contribution in [0.15, 0.2) is 42.5 Å². The van der Waals surface area contributed by atoms with Gasteiger partial charge in [-0.1, -0.05) is 23.8 Å². The molecule has 2 aromatic rings. The summed E-state index contributed by atoms with van der Waals surface area (Å²) in [6.45, 7) is 5.11. The second kappa shape index (κ2) is 9.00. The first-order valence-corrected chi connectivity index (χ1v) is 8.40. The number of methoxy groups -OCH3 is 1. The zero-order valence-corrected chi connectivity index (χ0v) is 15.1. The molecule has 0 fully saturated rings. The molecule has 0 aliphatic carbocycles. The number of carbonyl (C=O) groups excluding carboxylic acids is 1. The third-order valence-corrected chi connectivity index (χ3v) is 4.23. The molecule has 4 heteroatoms. The lowest BCUT2D eigenvalue weighted by Crippen LogP contribution is -2.34. The Kier molecular flexibility index (Phi) is 6.73. The van der Waals surface area contributed by atoms with Gasteiger partial charge in [-0.25, -0.2) is 0 Å². The molecule has 0 saturated heterocycles. The SMILES string of the molecule is COCCN(C(=O)CCc1ccc(C)cc1C)c1ccc(C#N)cc1. The molecule has 0 unspecified atom stereocenters. The average Bonchev–Trinajstić information content (AvgIpc) is 2.62. The lowest BCUT2D eigenvalue weighted by molar-refractivity contribution is -0.118. The fourth-order valence-electron chi connectivity index (χ4n) is 2.80. The maximum Gasteiger partial charge on any atom is 0.227 e. The monoisotopic (exact) mass is 336 g/mol. The van der Waals surface area contributed by atoms with Gasteiger partial charge in [0.25, 0.3) is 0 Å². The number of amides is 1. The first-order valence-electron chi connectivity index (χ1n) is 8.40. The number of hydrogen-bond donors (Lipinski definition) is 0. The predicted octanol–water partition coefficient (Wildman–Crippen LogP) is 3.79. The molecule has 0 N–H and O–H groups in total. The Morgan fingerprint density at radius 2 is 1.88 bits per heavy atom. The van der Waals surface area contributed by atoms with Gasteiger partial charge in [-0.2, -0.15) is 5.26 Å². The van der Waals surface area contributed by atoms with Crippen molar-refractivity contribution in [2.45, 2.75) is 26.7 Å². The molecule has 25 heavy (non-hydrogen) atoms. The van der Waals surface area contributed by atoms with E-state index in [-0.39, 0.29) is 5.91 Å². The van der Waals surface area contributed by atoms with Crippen LogP contribution in [0.3, 0.4) is 0 Å². The zero-order valence-electron chi connectivity index (χ0n) is 15.1. The second-order valence-corrected chi connectivity index (χ2v) is 6.13. The van der Waals surface area contributed by atoms with Crippen molar-refractivity contribution in [1.82, 2.24) is 0 Å². The summed E-state index contributed by atoms with van der Waals surface area (Å²) in [5.41, 5.74) is 5.02. The molecule has 0 bridgehead atoms. The van der Waals surface area contributed by atoms with Gasteiger partial charge in [0, 0.05) is 25.8 Å². The van der Waals surface area contributed by atoms with Crippen LogP contribution < -0.4 is 4.90 Å². The van der Waals surface area contributed by atoms with Gasteiger partial charge in [-0.05, 0) is 55.7 Å². The number of rotatable bonds is 7. The number of nitrogens with zero attached hydrogens (tertiary/aromatic N) is 2. The number of aryl methyl sites for hydroxylation is 3. The molecule has 2 aromatic carbocycles. The van der Waals surface area contributed by atoms with E-state index >= 15 is 0 Å². The first-order chi connectivity index (χ1) is 12.0. The molecule has 0 aromatic heterocycles. The van der Waals surface area contributed by atoms with E-state index < -0.39 is 0 Å². The normalized spacial score (nSPS) is 10.3. The molecule has 1 amide bonds. The van der Waals surface area contributed by atoms with Gasteiger partial charge in [0.05, 0.1) is 18.2 Å². The van der Waals surface area contributed by atoms with Crippen LogP contribution in [0.2, 0.25) is 0 Å². The molecule has 4 nitrogen and oxygen atoms in total. The Labute approximate surface area is 149 Å². The highest BCUT2D eigenvalue weighted by atomic mass is 16.5. The van der Waals surface area contributed by atoms with Crippen molar-refractivity contribution in [1.29, 1.82) is 5.26 Å². The lowest BCUT2D eigenvalue weighted by Gasteiger charge is -2.23. The highest BCUT2D eigenvalue weighted by Crippen LogP contribution is 2.18. The number of carbonyl (C=O) groups is 1. The van der Waals surface area contributed by atoms with E-state index in [2.05, 4.69) is 38.1 Å². The Bertz CT molecular complexity index is 760. The number of benzene rings is 2. The van der Waals surface area contributed by atoms with Gasteiger partial charge >= 0.3 is 0 Å². The van der Waals surface area contributed by atoms with Gasteiger partial charge in [0.1, 0.15) is 0 Å². The Balaban J connectivity index is 2.10. The molecule has 2 rings (SSSR count). The second-order valence-electron chi connectivity index (χ2n) is 6.13. The maximum atomic E-state index is 12.8. The van der Waals surface area contributed by atoms with Crippen molar-refractivity contribution in [3.8, 4) is 6.07 Å². The van der Waals surface area contributed by atoms with Crippen molar-refractivity contribution in [3.05, 3.63) is 64.7 Å². The summed E-state index contributed by atoms with van der Waals surface area (Å²) in [5.74, 6) is 0.0572. The summed E-state index contributed by atoms with van der Waals surface area (Å²) >= 11 is 0. The van der Waals surface area contributed by atoms with Gasteiger partial charge in [-0.3, -0.25) is 4.79 Å². The van der Waals surface area contributed by atoms with Crippen LogP contribution in [-0.4, -0.2) is 26.2 Å². The highest BCUT2D eigenvalue weighted by Gasteiger charge is 2.16. The molecular weight excluding hydrogens is 312 g/mol. The number of nitriles is 1. The fourth-order valence-corrected chi connectivity index (χ4v) is 2.80. The summed E-state index contributed by atoms with van der Waals surface area (Å²) in [7, 11) is 1.62. The predicted molar refractivity (Wildman–Crippen MR) is 99.6 cm³/mol. The minimum absolute atomic E-state index is 0.0572. The van der Waals surface area contributed by atoms with E-state index in [1.807, 2.05) is 12.1 Å². The minimum atomic E-state index is 0.0572. The highest BCUT2D eigenvalue weighted by molar-refractivity contribution is 5.93. The summed E-state index contributed by atoms with van der Waals surface area (Å²) in [6.07, 6.45) is 1.15. The van der Waals surface area contributed by atoms with Gasteiger partial charge in [-0.15, -0.1) is 0 Å². The van der Waals surface area contributed by atoms with E-state index in [1.165, 1.54) is 16.7 Å². The lowest BCUT2D eigenvalue weighted by atomic mass is 10.0. The molecule has 0 spiro atoms. The average molecular weight is 336 g/mol. The zero-order chi connectivity index (χ0) is 18.2. The van der Waals surface area contributed by atoms with E-state index in [1.54, 1.807) is 24.1 Å². The van der Waals surface area contributed by atoms with Crippen LogP contribution in [0, 0.1) is 25.2 Å². The van der Waals surface area contributed by atoms with E-state index in [9.17, 15) is 4.79 Å². The Morgan fingerprint density at radius 1 is 1.16 bits per heavy atom. The van der Waals surface area contributed by atoms with Crippen LogP contribution in [0.25, 0.3) is 0 Å².